The number of rotatable bonds is 6. The second kappa shape index (κ2) is 6.59. The van der Waals surface area contributed by atoms with Crippen LogP contribution in [0.15, 0.2) is 30.3 Å². The lowest BCUT2D eigenvalue weighted by atomic mass is 10.0. The van der Waals surface area contributed by atoms with Gasteiger partial charge in [-0.25, -0.2) is 0 Å². The molecule has 0 aromatic heterocycles. The Hall–Kier alpha value is -0.860. The molecule has 2 unspecified atom stereocenters. The Kier molecular flexibility index (Phi) is 5.37. The normalized spacial score (nSPS) is 14.9. The van der Waals surface area contributed by atoms with Crippen LogP contribution in [0.1, 0.15) is 31.4 Å². The van der Waals surface area contributed by atoms with Crippen LogP contribution in [0.25, 0.3) is 0 Å². The summed E-state index contributed by atoms with van der Waals surface area (Å²) < 4.78 is 10.9. The van der Waals surface area contributed by atoms with Crippen molar-refractivity contribution in [3.63, 3.8) is 0 Å². The number of benzene rings is 1. The first kappa shape index (κ1) is 12.2. The number of methoxy groups -OCH3 is 2. The Labute approximate surface area is 92.2 Å². The molecule has 0 bridgehead atoms. The molecule has 0 aliphatic heterocycles. The molecule has 15 heavy (non-hydrogen) atoms. The van der Waals surface area contributed by atoms with Crippen LogP contribution in [-0.4, -0.2) is 20.3 Å². The smallest absolute Gasteiger partial charge is 0.0845 e. The quantitative estimate of drug-likeness (QED) is 0.714. The van der Waals surface area contributed by atoms with Gasteiger partial charge >= 0.3 is 0 Å². The van der Waals surface area contributed by atoms with E-state index >= 15 is 0 Å². The third kappa shape index (κ3) is 3.65. The summed E-state index contributed by atoms with van der Waals surface area (Å²) in [6, 6.07) is 10.3. The second-order valence-electron chi connectivity index (χ2n) is 3.64. The third-order valence-corrected chi connectivity index (χ3v) is 2.72. The summed E-state index contributed by atoms with van der Waals surface area (Å²) in [6.45, 7) is 2.13. The maximum Gasteiger partial charge on any atom is 0.0845 e. The number of hydrogen-bond donors (Lipinski definition) is 0. The highest BCUT2D eigenvalue weighted by atomic mass is 16.5. The zero-order valence-corrected chi connectivity index (χ0v) is 9.77. The maximum atomic E-state index is 5.49. The van der Waals surface area contributed by atoms with E-state index in [2.05, 4.69) is 19.1 Å². The van der Waals surface area contributed by atoms with E-state index < -0.39 is 0 Å². The van der Waals surface area contributed by atoms with Crippen LogP contribution in [0.2, 0.25) is 0 Å². The predicted molar refractivity (Wildman–Crippen MR) is 61.9 cm³/mol. The fraction of sp³-hybridized carbons (Fsp3) is 0.538. The second-order valence-corrected chi connectivity index (χ2v) is 3.64. The van der Waals surface area contributed by atoms with E-state index in [1.807, 2.05) is 18.2 Å². The average molecular weight is 208 g/mol. The molecule has 0 radical (unpaired) electrons. The summed E-state index contributed by atoms with van der Waals surface area (Å²) in [5.41, 5.74) is 1.22. The fourth-order valence-corrected chi connectivity index (χ4v) is 1.70. The van der Waals surface area contributed by atoms with Gasteiger partial charge in [0.2, 0.25) is 0 Å². The van der Waals surface area contributed by atoms with Crippen molar-refractivity contribution >= 4 is 0 Å². The minimum absolute atomic E-state index is 0.135. The molecular weight excluding hydrogens is 188 g/mol. The molecule has 2 heteroatoms. The zero-order valence-electron chi connectivity index (χ0n) is 9.77. The van der Waals surface area contributed by atoms with E-state index in [0.717, 1.165) is 12.8 Å². The van der Waals surface area contributed by atoms with Crippen molar-refractivity contribution in [2.24, 2.45) is 0 Å². The van der Waals surface area contributed by atoms with Gasteiger partial charge in [-0.15, -0.1) is 0 Å². The van der Waals surface area contributed by atoms with E-state index in [4.69, 9.17) is 9.47 Å². The van der Waals surface area contributed by atoms with Crippen LogP contribution in [0.4, 0.5) is 0 Å². The van der Waals surface area contributed by atoms with Crippen molar-refractivity contribution < 1.29 is 9.47 Å². The van der Waals surface area contributed by atoms with Crippen LogP contribution in [0.3, 0.4) is 0 Å². The van der Waals surface area contributed by atoms with Gasteiger partial charge in [0.1, 0.15) is 0 Å². The number of hydrogen-bond acceptors (Lipinski definition) is 2. The Morgan fingerprint density at radius 2 is 1.73 bits per heavy atom. The van der Waals surface area contributed by atoms with Gasteiger partial charge in [-0.1, -0.05) is 37.3 Å². The molecule has 1 aromatic rings. The van der Waals surface area contributed by atoms with Gasteiger partial charge in [0.25, 0.3) is 0 Å². The zero-order chi connectivity index (χ0) is 11.1. The molecule has 0 saturated heterocycles. The van der Waals surface area contributed by atoms with E-state index in [-0.39, 0.29) is 12.2 Å². The van der Waals surface area contributed by atoms with Crippen molar-refractivity contribution in [3.05, 3.63) is 35.9 Å². The van der Waals surface area contributed by atoms with Crippen molar-refractivity contribution in [2.45, 2.75) is 32.0 Å². The van der Waals surface area contributed by atoms with E-state index in [1.54, 1.807) is 14.2 Å². The van der Waals surface area contributed by atoms with Crippen molar-refractivity contribution in [3.8, 4) is 0 Å². The highest BCUT2D eigenvalue weighted by Crippen LogP contribution is 2.23. The van der Waals surface area contributed by atoms with Crippen LogP contribution in [0.5, 0.6) is 0 Å². The standard InChI is InChI=1S/C13H20O2/c1-4-12(14-2)10-13(15-3)11-8-6-5-7-9-11/h5-9,12-13H,4,10H2,1-3H3. The van der Waals surface area contributed by atoms with Crippen molar-refractivity contribution in [1.82, 2.24) is 0 Å². The summed E-state index contributed by atoms with van der Waals surface area (Å²) in [5, 5.41) is 0. The van der Waals surface area contributed by atoms with Crippen molar-refractivity contribution in [2.75, 3.05) is 14.2 Å². The van der Waals surface area contributed by atoms with Crippen molar-refractivity contribution in [1.29, 1.82) is 0 Å². The monoisotopic (exact) mass is 208 g/mol. The molecule has 0 fully saturated rings. The first-order valence-corrected chi connectivity index (χ1v) is 5.42. The lowest BCUT2D eigenvalue weighted by molar-refractivity contribution is 0.0201. The molecule has 0 amide bonds. The molecule has 2 nitrogen and oxygen atoms in total. The SMILES string of the molecule is CCC(CC(OC)c1ccccc1)OC. The largest absolute Gasteiger partial charge is 0.381 e. The van der Waals surface area contributed by atoms with Gasteiger partial charge in [0.05, 0.1) is 12.2 Å². The fourth-order valence-electron chi connectivity index (χ4n) is 1.70. The molecule has 1 aromatic carbocycles. The average Bonchev–Trinajstić information content (AvgIpc) is 2.32. The Morgan fingerprint density at radius 3 is 2.20 bits per heavy atom. The van der Waals surface area contributed by atoms with Crippen LogP contribution < -0.4 is 0 Å². The molecule has 2 atom stereocenters. The highest BCUT2D eigenvalue weighted by molar-refractivity contribution is 5.17. The van der Waals surface area contributed by atoms with Gasteiger partial charge in [0.15, 0.2) is 0 Å². The minimum Gasteiger partial charge on any atom is -0.381 e. The van der Waals surface area contributed by atoms with Gasteiger partial charge in [-0.2, -0.15) is 0 Å². The van der Waals surface area contributed by atoms with Crippen LogP contribution >= 0.6 is 0 Å². The third-order valence-electron chi connectivity index (χ3n) is 2.72. The van der Waals surface area contributed by atoms with Gasteiger partial charge < -0.3 is 9.47 Å². The Morgan fingerprint density at radius 1 is 1.07 bits per heavy atom. The Bertz CT molecular complexity index is 254. The molecular formula is C13H20O2. The highest BCUT2D eigenvalue weighted by Gasteiger charge is 2.15. The van der Waals surface area contributed by atoms with E-state index in [0.29, 0.717) is 0 Å². The van der Waals surface area contributed by atoms with Crippen LogP contribution in [-0.2, 0) is 9.47 Å². The number of ether oxygens (including phenoxy) is 2. The molecule has 0 aliphatic rings. The van der Waals surface area contributed by atoms with Gasteiger partial charge in [-0.3, -0.25) is 0 Å². The summed E-state index contributed by atoms with van der Waals surface area (Å²) in [6.07, 6.45) is 2.34. The molecule has 84 valence electrons. The van der Waals surface area contributed by atoms with E-state index in [9.17, 15) is 0 Å². The van der Waals surface area contributed by atoms with Gasteiger partial charge in [0, 0.05) is 20.6 Å². The van der Waals surface area contributed by atoms with Crippen LogP contribution in [0, 0.1) is 0 Å². The first-order chi connectivity index (χ1) is 7.31. The summed E-state index contributed by atoms with van der Waals surface area (Å²) in [7, 11) is 3.51. The minimum atomic E-state index is 0.135. The molecule has 0 N–H and O–H groups in total. The molecule has 1 rings (SSSR count). The molecule has 0 aliphatic carbocycles. The first-order valence-electron chi connectivity index (χ1n) is 5.42. The predicted octanol–water partition coefficient (Wildman–Crippen LogP) is 3.19. The van der Waals surface area contributed by atoms with E-state index in [1.165, 1.54) is 5.56 Å². The summed E-state index contributed by atoms with van der Waals surface area (Å²) in [5.74, 6) is 0. The maximum absolute atomic E-state index is 5.49. The summed E-state index contributed by atoms with van der Waals surface area (Å²) >= 11 is 0. The summed E-state index contributed by atoms with van der Waals surface area (Å²) in [4.78, 5) is 0. The lowest BCUT2D eigenvalue weighted by Crippen LogP contribution is -2.15. The topological polar surface area (TPSA) is 18.5 Å². The Balaban J connectivity index is 2.64. The lowest BCUT2D eigenvalue weighted by Gasteiger charge is -2.21. The molecule has 0 saturated carbocycles. The molecule has 0 spiro atoms. The molecule has 0 heterocycles. The van der Waals surface area contributed by atoms with Gasteiger partial charge in [-0.05, 0) is 12.0 Å².